The summed E-state index contributed by atoms with van der Waals surface area (Å²) >= 11 is 0. The average molecular weight is 369 g/mol. The van der Waals surface area contributed by atoms with Crippen LogP contribution >= 0.6 is 0 Å². The van der Waals surface area contributed by atoms with Gasteiger partial charge in [0.15, 0.2) is 0 Å². The van der Waals surface area contributed by atoms with Gasteiger partial charge in [-0.2, -0.15) is 0 Å². The zero-order chi connectivity index (χ0) is 19.3. The highest BCUT2D eigenvalue weighted by Crippen LogP contribution is 2.05. The lowest BCUT2D eigenvalue weighted by atomic mass is 10.1. The van der Waals surface area contributed by atoms with Crippen LogP contribution in [0.2, 0.25) is 0 Å². The van der Waals surface area contributed by atoms with E-state index in [0.29, 0.717) is 6.54 Å². The monoisotopic (exact) mass is 368 g/mol. The molecule has 26 heavy (non-hydrogen) atoms. The van der Waals surface area contributed by atoms with Gasteiger partial charge in [0.25, 0.3) is 0 Å². The van der Waals surface area contributed by atoms with Gasteiger partial charge >= 0.3 is 0 Å². The highest BCUT2D eigenvalue weighted by molar-refractivity contribution is 5.02. The van der Waals surface area contributed by atoms with E-state index in [0.717, 1.165) is 78.3 Å². The van der Waals surface area contributed by atoms with E-state index in [9.17, 15) is 0 Å². The molecule has 7 N–H and O–H groups in total. The first-order chi connectivity index (χ1) is 12.7. The Kier molecular flexibility index (Phi) is 19.9. The molecule has 0 aliphatic carbocycles. The largest absolute Gasteiger partial charge is 0.329 e. The van der Waals surface area contributed by atoms with Crippen LogP contribution < -0.4 is 32.3 Å². The molecule has 0 aliphatic rings. The minimum absolute atomic E-state index is 0.705. The number of hydrogen-bond donors (Lipinski definition) is 6. The van der Waals surface area contributed by atoms with Crippen LogP contribution in [0, 0.1) is 0 Å². The molecule has 0 fully saturated rings. The number of allylic oxidation sites excluding steroid dienone is 3. The van der Waals surface area contributed by atoms with Gasteiger partial charge in [0.1, 0.15) is 0 Å². The van der Waals surface area contributed by atoms with E-state index in [2.05, 4.69) is 59.5 Å². The molecule has 0 saturated carbocycles. The molecule has 0 saturated heterocycles. The van der Waals surface area contributed by atoms with Gasteiger partial charge in [0.2, 0.25) is 0 Å². The number of hydrogen-bond acceptors (Lipinski definition) is 6. The summed E-state index contributed by atoms with van der Waals surface area (Å²) in [6, 6.07) is 0. The van der Waals surface area contributed by atoms with Gasteiger partial charge in [-0.25, -0.2) is 0 Å². The number of rotatable bonds is 19. The van der Waals surface area contributed by atoms with Crippen molar-refractivity contribution in [2.45, 2.75) is 33.6 Å². The summed E-state index contributed by atoms with van der Waals surface area (Å²) < 4.78 is 0. The summed E-state index contributed by atoms with van der Waals surface area (Å²) in [6.45, 7) is 17.1. The zero-order valence-corrected chi connectivity index (χ0v) is 17.4. The van der Waals surface area contributed by atoms with Crippen molar-refractivity contribution in [3.05, 3.63) is 23.3 Å². The molecule has 0 radical (unpaired) electrons. The Morgan fingerprint density at radius 1 is 0.654 bits per heavy atom. The highest BCUT2D eigenvalue weighted by Gasteiger charge is 1.91. The third-order valence-corrected chi connectivity index (χ3v) is 3.92. The molecule has 154 valence electrons. The van der Waals surface area contributed by atoms with E-state index < -0.39 is 0 Å². The van der Waals surface area contributed by atoms with Crippen molar-refractivity contribution < 1.29 is 0 Å². The van der Waals surface area contributed by atoms with E-state index >= 15 is 0 Å². The Labute approximate surface area is 161 Å². The van der Waals surface area contributed by atoms with Crippen LogP contribution in [0.3, 0.4) is 0 Å². The molecule has 0 aromatic heterocycles. The molecule has 6 nitrogen and oxygen atoms in total. The number of nitrogens with two attached hydrogens (primary N) is 1. The first-order valence-corrected chi connectivity index (χ1v) is 10.2. The smallest absolute Gasteiger partial charge is 0.0137 e. The van der Waals surface area contributed by atoms with Gasteiger partial charge < -0.3 is 32.3 Å². The van der Waals surface area contributed by atoms with E-state index in [1.165, 1.54) is 11.1 Å². The molecule has 0 amide bonds. The van der Waals surface area contributed by atoms with Crippen LogP contribution in [0.1, 0.15) is 33.6 Å². The first kappa shape index (κ1) is 25.2. The van der Waals surface area contributed by atoms with Crippen LogP contribution in [-0.2, 0) is 0 Å². The lowest BCUT2D eigenvalue weighted by Gasteiger charge is -2.08. The fourth-order valence-corrected chi connectivity index (χ4v) is 2.35. The van der Waals surface area contributed by atoms with Crippen LogP contribution in [-0.4, -0.2) is 72.0 Å². The molecule has 0 spiro atoms. The van der Waals surface area contributed by atoms with Gasteiger partial charge in [-0.15, -0.1) is 0 Å². The summed E-state index contributed by atoms with van der Waals surface area (Å²) in [4.78, 5) is 0. The van der Waals surface area contributed by atoms with Gasteiger partial charge in [-0.1, -0.05) is 23.3 Å². The maximum absolute atomic E-state index is 5.41. The SMILES string of the molecule is CC(C)=CCCC(C)=CCNCCNCCNCCNCCNCCN. The molecular formula is C20H44N6. The molecule has 0 rings (SSSR count). The molecule has 0 heterocycles. The predicted molar refractivity (Wildman–Crippen MR) is 116 cm³/mol. The van der Waals surface area contributed by atoms with E-state index in [4.69, 9.17) is 5.73 Å². The van der Waals surface area contributed by atoms with Gasteiger partial charge in [-0.05, 0) is 33.6 Å². The first-order valence-electron chi connectivity index (χ1n) is 10.2. The van der Waals surface area contributed by atoms with Crippen molar-refractivity contribution in [1.82, 2.24) is 26.6 Å². The van der Waals surface area contributed by atoms with Crippen molar-refractivity contribution in [2.24, 2.45) is 5.73 Å². The predicted octanol–water partition coefficient (Wildman–Crippen LogP) is 0.586. The molecule has 0 unspecified atom stereocenters. The van der Waals surface area contributed by atoms with E-state index in [-0.39, 0.29) is 0 Å². The Hall–Kier alpha value is -0.760. The molecule has 0 aromatic rings. The van der Waals surface area contributed by atoms with Crippen LogP contribution in [0.15, 0.2) is 23.3 Å². The van der Waals surface area contributed by atoms with Gasteiger partial charge in [-0.3, -0.25) is 0 Å². The third kappa shape index (κ3) is 21.3. The second kappa shape index (κ2) is 20.6. The fraction of sp³-hybridized carbons (Fsp3) is 0.800. The summed E-state index contributed by atoms with van der Waals surface area (Å²) in [5, 5.41) is 17.0. The fourth-order valence-electron chi connectivity index (χ4n) is 2.35. The molecular weight excluding hydrogens is 324 g/mol. The Morgan fingerprint density at radius 3 is 1.58 bits per heavy atom. The Morgan fingerprint density at radius 2 is 1.12 bits per heavy atom. The molecule has 0 bridgehead atoms. The second-order valence-electron chi connectivity index (χ2n) is 6.86. The quantitative estimate of drug-likeness (QED) is 0.148. The second-order valence-corrected chi connectivity index (χ2v) is 6.86. The lowest BCUT2D eigenvalue weighted by Crippen LogP contribution is -2.37. The Bertz CT molecular complexity index is 350. The standard InChI is InChI=1S/C20H44N6/c1-19(2)5-4-6-20(3)7-9-22-11-13-24-15-17-26-18-16-25-14-12-23-10-8-21/h5,7,22-26H,4,6,8-18,21H2,1-3H3. The van der Waals surface area contributed by atoms with Crippen LogP contribution in [0.25, 0.3) is 0 Å². The van der Waals surface area contributed by atoms with E-state index in [1.54, 1.807) is 0 Å². The molecule has 0 aromatic carbocycles. The van der Waals surface area contributed by atoms with Crippen LogP contribution in [0.4, 0.5) is 0 Å². The van der Waals surface area contributed by atoms with Crippen molar-refractivity contribution >= 4 is 0 Å². The molecule has 0 aliphatic heterocycles. The van der Waals surface area contributed by atoms with Crippen molar-refractivity contribution in [1.29, 1.82) is 0 Å². The summed E-state index contributed by atoms with van der Waals surface area (Å²) in [5.41, 5.74) is 8.29. The third-order valence-electron chi connectivity index (χ3n) is 3.92. The summed E-state index contributed by atoms with van der Waals surface area (Å²) in [5.74, 6) is 0. The zero-order valence-electron chi connectivity index (χ0n) is 17.4. The summed E-state index contributed by atoms with van der Waals surface area (Å²) in [6.07, 6.45) is 6.92. The van der Waals surface area contributed by atoms with E-state index in [1.807, 2.05) is 0 Å². The van der Waals surface area contributed by atoms with Gasteiger partial charge in [0.05, 0.1) is 0 Å². The van der Waals surface area contributed by atoms with Crippen LogP contribution in [0.5, 0.6) is 0 Å². The molecule has 0 atom stereocenters. The average Bonchev–Trinajstić information content (AvgIpc) is 2.61. The maximum atomic E-state index is 5.41. The van der Waals surface area contributed by atoms with Crippen molar-refractivity contribution in [3.63, 3.8) is 0 Å². The normalized spacial score (nSPS) is 11.8. The minimum Gasteiger partial charge on any atom is -0.329 e. The number of nitrogens with one attached hydrogen (secondary N) is 5. The Balaban J connectivity index is 3.20. The van der Waals surface area contributed by atoms with Crippen molar-refractivity contribution in [3.8, 4) is 0 Å². The minimum atomic E-state index is 0.705. The van der Waals surface area contributed by atoms with Gasteiger partial charge in [0, 0.05) is 72.0 Å². The lowest BCUT2D eigenvalue weighted by molar-refractivity contribution is 0.562. The molecule has 6 heteroatoms. The summed E-state index contributed by atoms with van der Waals surface area (Å²) in [7, 11) is 0. The highest BCUT2D eigenvalue weighted by atomic mass is 15.0. The topological polar surface area (TPSA) is 86.2 Å². The van der Waals surface area contributed by atoms with Crippen molar-refractivity contribution in [2.75, 3.05) is 72.0 Å². The maximum Gasteiger partial charge on any atom is 0.0137 e.